The Morgan fingerprint density at radius 1 is 0.727 bits per heavy atom. The van der Waals surface area contributed by atoms with E-state index >= 15 is 0 Å². The van der Waals surface area contributed by atoms with Crippen LogP contribution >= 0.6 is 0 Å². The molecule has 0 saturated carbocycles. The highest BCUT2D eigenvalue weighted by Gasteiger charge is 2.55. The SMILES string of the molecule is O=C1OC2C(OC(C(O)CO)C2O)c2c(O)c(O)c(O)c(-c3c(O)c(O)c4oc(=O)c5cc(O)c(O)c6oc(=O)c3c4c65)c21. The normalized spacial score (nSPS) is 22.0. The predicted octanol–water partition coefficient (Wildman–Crippen LogP) is -0.210. The molecule has 0 bridgehead atoms. The van der Waals surface area contributed by atoms with Crippen LogP contribution in [-0.4, -0.2) is 88.1 Å². The fraction of sp³-hybridized carbons (Fsp3) is 0.222. The Morgan fingerprint density at radius 2 is 1.36 bits per heavy atom. The molecule has 5 atom stereocenters. The van der Waals surface area contributed by atoms with Gasteiger partial charge in [0.2, 0.25) is 17.2 Å². The minimum atomic E-state index is -1.76. The number of benzene rings is 3. The molecule has 10 N–H and O–H groups in total. The molecule has 0 radical (unpaired) electrons. The highest BCUT2D eigenvalue weighted by Crippen LogP contribution is 2.59. The number of hydrogen-bond acceptors (Lipinski definition) is 17. The molecule has 228 valence electrons. The molecular weight excluding hydrogens is 596 g/mol. The zero-order valence-electron chi connectivity index (χ0n) is 21.5. The Labute approximate surface area is 239 Å². The lowest BCUT2D eigenvalue weighted by Gasteiger charge is -2.30. The van der Waals surface area contributed by atoms with Crippen molar-refractivity contribution in [1.82, 2.24) is 0 Å². The first kappa shape index (κ1) is 27.3. The van der Waals surface area contributed by atoms with Crippen molar-refractivity contribution in [3.63, 3.8) is 0 Å². The van der Waals surface area contributed by atoms with E-state index in [2.05, 4.69) is 0 Å². The van der Waals surface area contributed by atoms with Gasteiger partial charge in [-0.3, -0.25) is 0 Å². The molecule has 5 unspecified atom stereocenters. The number of carbonyl (C=O) groups is 1. The van der Waals surface area contributed by atoms with Crippen LogP contribution in [0.25, 0.3) is 43.8 Å². The minimum absolute atomic E-state index is 0.389. The van der Waals surface area contributed by atoms with E-state index in [0.717, 1.165) is 6.07 Å². The highest BCUT2D eigenvalue weighted by molar-refractivity contribution is 6.26. The number of carbonyl (C=O) groups excluding carboxylic acids is 1. The van der Waals surface area contributed by atoms with E-state index in [1.807, 2.05) is 0 Å². The van der Waals surface area contributed by atoms with Crippen LogP contribution in [0.4, 0.5) is 0 Å². The van der Waals surface area contributed by atoms with Crippen molar-refractivity contribution in [1.29, 1.82) is 0 Å². The number of rotatable bonds is 3. The highest BCUT2D eigenvalue weighted by atomic mass is 16.6. The number of aliphatic hydroxyl groups excluding tert-OH is 3. The summed E-state index contributed by atoms with van der Waals surface area (Å²) < 4.78 is 21.1. The van der Waals surface area contributed by atoms with E-state index in [4.69, 9.17) is 18.3 Å². The van der Waals surface area contributed by atoms with Crippen molar-refractivity contribution in [2.24, 2.45) is 0 Å². The first-order valence-corrected chi connectivity index (χ1v) is 12.6. The molecule has 5 aromatic rings. The number of aliphatic hydroxyl groups is 3. The summed E-state index contributed by atoms with van der Waals surface area (Å²) in [4.78, 5) is 39.6. The van der Waals surface area contributed by atoms with Gasteiger partial charge in [0.15, 0.2) is 40.3 Å². The van der Waals surface area contributed by atoms with Gasteiger partial charge in [0, 0.05) is 27.5 Å². The van der Waals surface area contributed by atoms with Gasteiger partial charge in [-0.2, -0.15) is 0 Å². The van der Waals surface area contributed by atoms with Gasteiger partial charge >= 0.3 is 17.2 Å². The average molecular weight is 614 g/mol. The van der Waals surface area contributed by atoms with Crippen LogP contribution in [0.3, 0.4) is 0 Å². The molecule has 17 heteroatoms. The average Bonchev–Trinajstić information content (AvgIpc) is 3.31. The summed E-state index contributed by atoms with van der Waals surface area (Å²) in [5.74, 6) is -9.58. The van der Waals surface area contributed by atoms with Gasteiger partial charge in [-0.05, 0) is 6.07 Å². The summed E-state index contributed by atoms with van der Waals surface area (Å²) in [7, 11) is 0. The second kappa shape index (κ2) is 8.77. The molecule has 7 rings (SSSR count). The van der Waals surface area contributed by atoms with Gasteiger partial charge in [-0.15, -0.1) is 0 Å². The van der Waals surface area contributed by atoms with Crippen molar-refractivity contribution >= 4 is 38.7 Å². The Hall–Kier alpha value is -5.49. The first-order valence-electron chi connectivity index (χ1n) is 12.6. The third-order valence-electron chi connectivity index (χ3n) is 7.99. The van der Waals surface area contributed by atoms with Crippen molar-refractivity contribution in [3.8, 4) is 51.4 Å². The zero-order chi connectivity index (χ0) is 31.7. The van der Waals surface area contributed by atoms with Gasteiger partial charge in [0.05, 0.1) is 22.9 Å². The van der Waals surface area contributed by atoms with E-state index < -0.39 is 144 Å². The standard InChI is InChI=1S/C27H18O17/c28-2-5(30)20-19(37)24-23(41-20)12-11(27(40)44-24)8(14(32)17(35)16(12)34)7-10-9-6-3(25(38)42-22(9)18(36)15(7)33)1-4(29)13(31)21(6)43-26(10)39/h1,5,19-20,23-24,28-37H,2H2. The summed E-state index contributed by atoms with van der Waals surface area (Å²) in [6, 6.07) is 0.773. The molecule has 0 spiro atoms. The number of phenols is 7. The molecule has 1 fully saturated rings. The molecule has 44 heavy (non-hydrogen) atoms. The van der Waals surface area contributed by atoms with Gasteiger partial charge in [-0.25, -0.2) is 14.4 Å². The van der Waals surface area contributed by atoms with Gasteiger partial charge < -0.3 is 69.4 Å². The lowest BCUT2D eigenvalue weighted by Crippen LogP contribution is -2.42. The number of aromatic hydroxyl groups is 7. The molecule has 0 amide bonds. The van der Waals surface area contributed by atoms with Crippen LogP contribution in [0.5, 0.6) is 40.2 Å². The number of phenolic OH excluding ortho intramolecular Hbond substituents is 7. The largest absolute Gasteiger partial charge is 0.504 e. The van der Waals surface area contributed by atoms with E-state index in [9.17, 15) is 65.4 Å². The molecule has 2 aliphatic rings. The third kappa shape index (κ3) is 3.17. The van der Waals surface area contributed by atoms with Gasteiger partial charge in [0.25, 0.3) is 0 Å². The second-order valence-corrected chi connectivity index (χ2v) is 10.3. The Kier molecular flexibility index (Phi) is 5.45. The van der Waals surface area contributed by atoms with Crippen LogP contribution in [0, 0.1) is 0 Å². The maximum Gasteiger partial charge on any atom is 0.345 e. The summed E-state index contributed by atoms with van der Waals surface area (Å²) in [5.41, 5.74) is -7.47. The van der Waals surface area contributed by atoms with Crippen LogP contribution in [0.2, 0.25) is 0 Å². The van der Waals surface area contributed by atoms with Crippen LogP contribution in [-0.2, 0) is 9.47 Å². The molecule has 2 aromatic heterocycles. The van der Waals surface area contributed by atoms with E-state index in [1.165, 1.54) is 0 Å². The fourth-order valence-corrected chi connectivity index (χ4v) is 6.04. The molecule has 0 aliphatic carbocycles. The molecule has 17 nitrogen and oxygen atoms in total. The molecule has 1 saturated heterocycles. The summed E-state index contributed by atoms with van der Waals surface area (Å²) in [6.45, 7) is -0.894. The number of ether oxygens (including phenoxy) is 2. The van der Waals surface area contributed by atoms with Crippen LogP contribution < -0.4 is 11.3 Å². The number of esters is 1. The topological polar surface area (TPSA) is 298 Å². The lowest BCUT2D eigenvalue weighted by atomic mass is 9.84. The van der Waals surface area contributed by atoms with E-state index in [0.29, 0.717) is 0 Å². The first-order chi connectivity index (χ1) is 20.8. The van der Waals surface area contributed by atoms with Crippen molar-refractivity contribution < 1.29 is 74.2 Å². The monoisotopic (exact) mass is 614 g/mol. The number of hydrogen-bond donors (Lipinski definition) is 10. The van der Waals surface area contributed by atoms with Crippen LogP contribution in [0.1, 0.15) is 22.0 Å². The number of fused-ring (bicyclic) bond motifs is 3. The van der Waals surface area contributed by atoms with Crippen molar-refractivity contribution in [2.45, 2.75) is 30.5 Å². The summed E-state index contributed by atoms with van der Waals surface area (Å²) >= 11 is 0. The van der Waals surface area contributed by atoms with E-state index in [-0.39, 0.29) is 5.39 Å². The molecule has 4 heterocycles. The second-order valence-electron chi connectivity index (χ2n) is 10.3. The Balaban J connectivity index is 1.65. The van der Waals surface area contributed by atoms with Crippen LogP contribution in [0.15, 0.2) is 24.5 Å². The lowest BCUT2D eigenvalue weighted by molar-refractivity contribution is -0.0824. The van der Waals surface area contributed by atoms with Gasteiger partial charge in [0.1, 0.15) is 24.4 Å². The Morgan fingerprint density at radius 3 is 2.05 bits per heavy atom. The fourth-order valence-electron chi connectivity index (χ4n) is 6.04. The molecule has 2 aliphatic heterocycles. The van der Waals surface area contributed by atoms with Crippen molar-refractivity contribution in [3.05, 3.63) is 38.0 Å². The zero-order valence-corrected chi connectivity index (χ0v) is 21.5. The van der Waals surface area contributed by atoms with Crippen molar-refractivity contribution in [2.75, 3.05) is 6.61 Å². The summed E-state index contributed by atoms with van der Waals surface area (Å²) in [5, 5.41) is 103. The maximum atomic E-state index is 13.5. The Bertz CT molecular complexity index is 2210. The minimum Gasteiger partial charge on any atom is -0.504 e. The third-order valence-corrected chi connectivity index (χ3v) is 7.99. The predicted molar refractivity (Wildman–Crippen MR) is 140 cm³/mol. The van der Waals surface area contributed by atoms with E-state index in [1.54, 1.807) is 0 Å². The molecular formula is C27H18O17. The van der Waals surface area contributed by atoms with Gasteiger partial charge in [-0.1, -0.05) is 0 Å². The smallest absolute Gasteiger partial charge is 0.345 e. The quantitative estimate of drug-likeness (QED) is 0.0544. The summed E-state index contributed by atoms with van der Waals surface area (Å²) in [6.07, 6.45) is -8.30. The maximum absolute atomic E-state index is 13.5. The molecule has 3 aromatic carbocycles.